The Bertz CT molecular complexity index is 471. The van der Waals surface area contributed by atoms with E-state index in [4.69, 9.17) is 9.16 Å². The van der Waals surface area contributed by atoms with Crippen molar-refractivity contribution in [3.63, 3.8) is 0 Å². The lowest BCUT2D eigenvalue weighted by Crippen LogP contribution is -2.47. The molecule has 0 aliphatic heterocycles. The van der Waals surface area contributed by atoms with Crippen molar-refractivity contribution in [2.75, 3.05) is 0 Å². The van der Waals surface area contributed by atoms with E-state index < -0.39 is 27.6 Å². The fraction of sp³-hybridized carbons (Fsp3) is 0.824. The molecule has 5 heteroatoms. The van der Waals surface area contributed by atoms with Gasteiger partial charge >= 0.3 is 5.97 Å². The number of ether oxygens (including phenoxy) is 1. The maximum atomic E-state index is 11.5. The first-order chi connectivity index (χ1) is 9.54. The summed E-state index contributed by atoms with van der Waals surface area (Å²) in [5, 5.41) is 0.132. The molecule has 0 aromatic rings. The zero-order valence-electron chi connectivity index (χ0n) is 16.1. The van der Waals surface area contributed by atoms with Crippen LogP contribution in [0.5, 0.6) is 0 Å². The number of carbonyl (C=O) groups excluding carboxylic acids is 1. The van der Waals surface area contributed by atoms with Crippen LogP contribution in [-0.4, -0.2) is 33.6 Å². The molecule has 0 unspecified atom stereocenters. The molecule has 0 aromatic carbocycles. The third-order valence-electron chi connectivity index (χ3n) is 4.84. The number of carbonyl (C=O) groups is 1. The Morgan fingerprint density at radius 3 is 2.00 bits per heavy atom. The molecule has 2 atom stereocenters. The minimum atomic E-state index is -1.94. The summed E-state index contributed by atoms with van der Waals surface area (Å²) in [6.45, 7) is 21.6. The minimum absolute atomic E-state index is 0.132. The summed E-state index contributed by atoms with van der Waals surface area (Å²) in [5.41, 5.74) is 1.35. The minimum Gasteiger partial charge on any atom is -0.456 e. The summed E-state index contributed by atoms with van der Waals surface area (Å²) in [7, 11) is -3.28. The maximum absolute atomic E-state index is 11.5. The monoisotopic (exact) mass is 342 g/mol. The van der Waals surface area contributed by atoms with Crippen LogP contribution in [0.4, 0.5) is 0 Å². The van der Waals surface area contributed by atoms with Gasteiger partial charge in [0.1, 0.15) is 11.2 Å². The van der Waals surface area contributed by atoms with Gasteiger partial charge in [-0.25, -0.2) is 0 Å². The Hall–Kier alpha value is -0.396. The third-order valence-corrected chi connectivity index (χ3v) is 10.5. The lowest BCUT2D eigenvalue weighted by Gasteiger charge is -2.40. The number of rotatable bonds is 5. The summed E-state index contributed by atoms with van der Waals surface area (Å²) >= 11 is 0. The summed E-state index contributed by atoms with van der Waals surface area (Å²) < 4.78 is 12.3. The van der Waals surface area contributed by atoms with Crippen LogP contribution in [-0.2, 0) is 14.0 Å². The van der Waals surface area contributed by atoms with Crippen molar-refractivity contribution < 1.29 is 14.0 Å². The first-order valence-electron chi connectivity index (χ1n) is 8.14. The molecule has 3 nitrogen and oxygen atoms in total. The highest BCUT2D eigenvalue weighted by Gasteiger charge is 2.69. The van der Waals surface area contributed by atoms with Crippen LogP contribution in [0, 0.1) is 0 Å². The lowest BCUT2D eigenvalue weighted by molar-refractivity contribution is -0.150. The molecular weight excluding hydrogens is 308 g/mol. The maximum Gasteiger partial charge on any atom is 0.303 e. The molecule has 0 amide bonds. The first-order valence-corrected chi connectivity index (χ1v) is 14.6. The van der Waals surface area contributed by atoms with Crippen LogP contribution >= 0.6 is 0 Å². The molecule has 0 spiro atoms. The summed E-state index contributed by atoms with van der Waals surface area (Å²) in [6, 6.07) is 0. The summed E-state index contributed by atoms with van der Waals surface area (Å²) in [5.74, 6) is -0.232. The predicted octanol–water partition coefficient (Wildman–Crippen LogP) is 4.91. The van der Waals surface area contributed by atoms with Gasteiger partial charge in [-0.1, -0.05) is 52.2 Å². The first kappa shape index (κ1) is 19.7. The van der Waals surface area contributed by atoms with Gasteiger partial charge in [-0.15, -0.1) is 0 Å². The molecule has 22 heavy (non-hydrogen) atoms. The fourth-order valence-corrected chi connectivity index (χ4v) is 4.65. The molecule has 0 bridgehead atoms. The van der Waals surface area contributed by atoms with Crippen molar-refractivity contribution in [1.29, 1.82) is 0 Å². The van der Waals surface area contributed by atoms with Gasteiger partial charge in [0.2, 0.25) is 0 Å². The molecule has 1 aliphatic carbocycles. The van der Waals surface area contributed by atoms with Crippen molar-refractivity contribution in [3.8, 4) is 0 Å². The van der Waals surface area contributed by atoms with Crippen molar-refractivity contribution in [2.45, 2.75) is 90.0 Å². The fourth-order valence-electron chi connectivity index (χ4n) is 2.30. The number of esters is 1. The highest BCUT2D eigenvalue weighted by Crippen LogP contribution is 2.58. The molecule has 0 saturated heterocycles. The van der Waals surface area contributed by atoms with E-state index in [1.54, 1.807) is 0 Å². The van der Waals surface area contributed by atoms with Gasteiger partial charge in [0.05, 0.1) is 8.07 Å². The Morgan fingerprint density at radius 1 is 1.14 bits per heavy atom. The van der Waals surface area contributed by atoms with Crippen LogP contribution in [0.15, 0.2) is 11.8 Å². The highest BCUT2D eigenvalue weighted by atomic mass is 28.4. The van der Waals surface area contributed by atoms with Gasteiger partial charge in [-0.2, -0.15) is 0 Å². The quantitative estimate of drug-likeness (QED) is 0.526. The van der Waals surface area contributed by atoms with Crippen molar-refractivity contribution in [1.82, 2.24) is 0 Å². The smallest absolute Gasteiger partial charge is 0.303 e. The van der Waals surface area contributed by atoms with E-state index in [0.717, 1.165) is 6.42 Å². The second-order valence-electron chi connectivity index (χ2n) is 9.45. The zero-order valence-corrected chi connectivity index (χ0v) is 18.1. The van der Waals surface area contributed by atoms with Crippen LogP contribution in [0.1, 0.15) is 41.0 Å². The Balaban J connectivity index is 3.12. The molecule has 1 rings (SSSR count). The standard InChI is InChI=1S/C17H34O3Si2/c1-14(18)19-16(5)13-17(16,11-12-21(6,7)8)20-22(9,10)15(2,3)4/h11-12H,13H2,1-10H3/b12-11+/t16-,17+/m0/s1. The van der Waals surface area contributed by atoms with E-state index in [-0.39, 0.29) is 11.0 Å². The van der Waals surface area contributed by atoms with Crippen LogP contribution in [0.2, 0.25) is 37.8 Å². The largest absolute Gasteiger partial charge is 0.456 e. The molecule has 0 N–H and O–H groups in total. The normalized spacial score (nSPS) is 29.7. The van der Waals surface area contributed by atoms with Gasteiger partial charge < -0.3 is 9.16 Å². The van der Waals surface area contributed by atoms with Gasteiger partial charge in [0, 0.05) is 13.3 Å². The van der Waals surface area contributed by atoms with Crippen LogP contribution < -0.4 is 0 Å². The molecule has 1 fully saturated rings. The van der Waals surface area contributed by atoms with E-state index in [1.165, 1.54) is 6.92 Å². The predicted molar refractivity (Wildman–Crippen MR) is 98.3 cm³/mol. The average molecular weight is 343 g/mol. The van der Waals surface area contributed by atoms with E-state index in [9.17, 15) is 4.79 Å². The van der Waals surface area contributed by atoms with Gasteiger partial charge in [-0.05, 0) is 25.1 Å². The Labute approximate surface area is 138 Å². The second kappa shape index (κ2) is 5.60. The molecule has 1 saturated carbocycles. The molecule has 1 aliphatic rings. The Kier molecular flexibility index (Phi) is 5.00. The van der Waals surface area contributed by atoms with E-state index in [1.807, 2.05) is 6.92 Å². The van der Waals surface area contributed by atoms with Gasteiger partial charge in [0.15, 0.2) is 8.32 Å². The van der Waals surface area contributed by atoms with Crippen LogP contribution in [0.3, 0.4) is 0 Å². The van der Waals surface area contributed by atoms with Crippen molar-refractivity contribution in [3.05, 3.63) is 11.8 Å². The molecule has 128 valence electrons. The van der Waals surface area contributed by atoms with Crippen molar-refractivity contribution >= 4 is 22.4 Å². The highest BCUT2D eigenvalue weighted by molar-refractivity contribution is 6.81. The summed E-state index contributed by atoms with van der Waals surface area (Å²) in [6.07, 6.45) is 2.95. The summed E-state index contributed by atoms with van der Waals surface area (Å²) in [4.78, 5) is 11.5. The Morgan fingerprint density at radius 2 is 1.64 bits per heavy atom. The van der Waals surface area contributed by atoms with Crippen molar-refractivity contribution in [2.24, 2.45) is 0 Å². The van der Waals surface area contributed by atoms with Gasteiger partial charge in [0.25, 0.3) is 0 Å². The molecular formula is C17H34O3Si2. The van der Waals surface area contributed by atoms with Gasteiger partial charge in [-0.3, -0.25) is 4.79 Å². The van der Waals surface area contributed by atoms with E-state index in [0.29, 0.717) is 0 Å². The van der Waals surface area contributed by atoms with Crippen LogP contribution in [0.25, 0.3) is 0 Å². The zero-order chi connectivity index (χ0) is 17.6. The third kappa shape index (κ3) is 4.33. The lowest BCUT2D eigenvalue weighted by atomic mass is 10.2. The topological polar surface area (TPSA) is 35.5 Å². The van der Waals surface area contributed by atoms with E-state index >= 15 is 0 Å². The van der Waals surface area contributed by atoms with E-state index in [2.05, 4.69) is 65.3 Å². The number of hydrogen-bond acceptors (Lipinski definition) is 3. The molecule has 0 heterocycles. The molecule has 0 radical (unpaired) electrons. The average Bonchev–Trinajstić information content (AvgIpc) is 2.75. The SMILES string of the molecule is CC(=O)O[C@@]1(C)C[C@@]1(/C=C/[Si](C)(C)C)O[Si](C)(C)C(C)(C)C. The number of hydrogen-bond donors (Lipinski definition) is 0. The molecule has 0 aromatic heterocycles. The second-order valence-corrected chi connectivity index (χ2v) is 19.2.